The number of halogens is 1. The van der Waals surface area contributed by atoms with Gasteiger partial charge in [0.2, 0.25) is 0 Å². The molecular weight excluding hydrogens is 253 g/mol. The maximum Gasteiger partial charge on any atom is 0.131 e. The molecule has 0 aliphatic rings. The monoisotopic (exact) mass is 273 g/mol. The van der Waals surface area contributed by atoms with Crippen LogP contribution in [0.15, 0.2) is 48.5 Å². The molecule has 2 nitrogen and oxygen atoms in total. The van der Waals surface area contributed by atoms with Crippen LogP contribution in [0.2, 0.25) is 0 Å². The average Bonchev–Trinajstić information content (AvgIpc) is 2.47. The smallest absolute Gasteiger partial charge is 0.131 e. The molecule has 0 saturated carbocycles. The molecule has 0 saturated heterocycles. The number of nitrogens with one attached hydrogen (secondary N) is 1. The molecule has 0 aliphatic heterocycles. The van der Waals surface area contributed by atoms with Crippen molar-refractivity contribution in [1.29, 1.82) is 0 Å². The van der Waals surface area contributed by atoms with Crippen molar-refractivity contribution in [2.75, 3.05) is 7.11 Å². The topological polar surface area (TPSA) is 21.3 Å². The second-order valence-corrected chi connectivity index (χ2v) is 4.88. The van der Waals surface area contributed by atoms with Crippen LogP contribution in [-0.2, 0) is 0 Å². The summed E-state index contributed by atoms with van der Waals surface area (Å²) in [6.07, 6.45) is 0. The molecule has 0 radical (unpaired) electrons. The predicted octanol–water partition coefficient (Wildman–Crippen LogP) is 4.25. The minimum Gasteiger partial charge on any atom is -0.496 e. The molecule has 0 aliphatic carbocycles. The number of hydrogen-bond acceptors (Lipinski definition) is 2. The first-order valence-electron chi connectivity index (χ1n) is 6.77. The molecule has 0 spiro atoms. The molecule has 3 heteroatoms. The Bertz CT molecular complexity index is 556. The molecule has 0 amide bonds. The van der Waals surface area contributed by atoms with Crippen molar-refractivity contribution in [2.24, 2.45) is 0 Å². The van der Waals surface area contributed by atoms with E-state index in [1.807, 2.05) is 25.1 Å². The molecule has 106 valence electrons. The zero-order valence-electron chi connectivity index (χ0n) is 12.1. The number of rotatable bonds is 5. The summed E-state index contributed by atoms with van der Waals surface area (Å²) in [4.78, 5) is 0. The number of hydrogen-bond donors (Lipinski definition) is 1. The van der Waals surface area contributed by atoms with Gasteiger partial charge in [0.05, 0.1) is 7.11 Å². The van der Waals surface area contributed by atoms with Gasteiger partial charge in [-0.05, 0) is 31.5 Å². The summed E-state index contributed by atoms with van der Waals surface area (Å²) in [5.41, 5.74) is 1.74. The van der Waals surface area contributed by atoms with Gasteiger partial charge in [0.15, 0.2) is 0 Å². The lowest BCUT2D eigenvalue weighted by molar-refractivity contribution is 0.387. The van der Waals surface area contributed by atoms with Crippen LogP contribution in [0.3, 0.4) is 0 Å². The molecule has 2 aromatic carbocycles. The van der Waals surface area contributed by atoms with Crippen LogP contribution in [0.25, 0.3) is 0 Å². The van der Waals surface area contributed by atoms with Gasteiger partial charge in [-0.1, -0.05) is 36.4 Å². The van der Waals surface area contributed by atoms with Crippen LogP contribution in [0.1, 0.15) is 37.1 Å². The molecular formula is C17H20FNO. The van der Waals surface area contributed by atoms with Crippen LogP contribution in [0, 0.1) is 5.82 Å². The Hall–Kier alpha value is -1.87. The van der Waals surface area contributed by atoms with Gasteiger partial charge < -0.3 is 10.1 Å². The second kappa shape index (κ2) is 6.53. The second-order valence-electron chi connectivity index (χ2n) is 4.88. The molecule has 1 N–H and O–H groups in total. The minimum absolute atomic E-state index is 0.135. The normalized spacial score (nSPS) is 13.8. The summed E-state index contributed by atoms with van der Waals surface area (Å²) in [6.45, 7) is 4.01. The van der Waals surface area contributed by atoms with E-state index in [0.717, 1.165) is 0 Å². The highest BCUT2D eigenvalue weighted by molar-refractivity contribution is 5.37. The van der Waals surface area contributed by atoms with Crippen LogP contribution in [-0.4, -0.2) is 7.11 Å². The van der Waals surface area contributed by atoms with E-state index in [0.29, 0.717) is 11.3 Å². The van der Waals surface area contributed by atoms with Gasteiger partial charge in [0, 0.05) is 17.6 Å². The SMILES string of the molecule is COc1cccc(F)c1C(C)N[C@H](C)c1ccccc1. The zero-order chi connectivity index (χ0) is 14.5. The molecule has 2 aromatic rings. The van der Waals surface area contributed by atoms with E-state index in [1.165, 1.54) is 11.6 Å². The molecule has 0 heterocycles. The van der Waals surface area contributed by atoms with Gasteiger partial charge in [-0.25, -0.2) is 4.39 Å². The van der Waals surface area contributed by atoms with E-state index in [4.69, 9.17) is 4.74 Å². The largest absolute Gasteiger partial charge is 0.496 e. The lowest BCUT2D eigenvalue weighted by atomic mass is 10.0. The number of ether oxygens (including phenoxy) is 1. The fraction of sp³-hybridized carbons (Fsp3) is 0.294. The Kier molecular flexibility index (Phi) is 4.74. The maximum atomic E-state index is 14.0. The minimum atomic E-state index is -0.246. The van der Waals surface area contributed by atoms with E-state index in [1.54, 1.807) is 19.2 Å². The Morgan fingerprint density at radius 1 is 0.950 bits per heavy atom. The van der Waals surface area contributed by atoms with Crippen LogP contribution >= 0.6 is 0 Å². The summed E-state index contributed by atoms with van der Waals surface area (Å²) in [5, 5.41) is 3.41. The van der Waals surface area contributed by atoms with Gasteiger partial charge in [0.1, 0.15) is 11.6 Å². The fourth-order valence-electron chi connectivity index (χ4n) is 2.41. The third kappa shape index (κ3) is 3.17. The van der Waals surface area contributed by atoms with Crippen molar-refractivity contribution in [3.8, 4) is 5.75 Å². The first-order valence-corrected chi connectivity index (χ1v) is 6.77. The molecule has 1 unspecified atom stereocenters. The van der Waals surface area contributed by atoms with Crippen LogP contribution in [0.5, 0.6) is 5.75 Å². The van der Waals surface area contributed by atoms with Crippen molar-refractivity contribution in [2.45, 2.75) is 25.9 Å². The summed E-state index contributed by atoms with van der Waals surface area (Å²) < 4.78 is 19.3. The van der Waals surface area contributed by atoms with E-state index >= 15 is 0 Å². The molecule has 20 heavy (non-hydrogen) atoms. The molecule has 2 atom stereocenters. The quantitative estimate of drug-likeness (QED) is 0.879. The summed E-state index contributed by atoms with van der Waals surface area (Å²) in [7, 11) is 1.56. The standard InChI is InChI=1S/C17H20FNO/c1-12(14-8-5-4-6-9-14)19-13(2)17-15(18)10-7-11-16(17)20-3/h4-13,19H,1-3H3/t12-,13?/m1/s1. The fourth-order valence-corrected chi connectivity index (χ4v) is 2.41. The van der Waals surface area contributed by atoms with Gasteiger partial charge in [-0.3, -0.25) is 0 Å². The lowest BCUT2D eigenvalue weighted by Gasteiger charge is -2.22. The number of methoxy groups -OCH3 is 1. The Morgan fingerprint density at radius 3 is 2.30 bits per heavy atom. The third-order valence-electron chi connectivity index (χ3n) is 3.47. The van der Waals surface area contributed by atoms with Crippen molar-refractivity contribution >= 4 is 0 Å². The summed E-state index contributed by atoms with van der Waals surface area (Å²) in [6, 6.07) is 15.0. The Labute approximate surface area is 119 Å². The highest BCUT2D eigenvalue weighted by Gasteiger charge is 2.18. The van der Waals surface area contributed by atoms with Crippen molar-refractivity contribution in [1.82, 2.24) is 5.32 Å². The van der Waals surface area contributed by atoms with Gasteiger partial charge >= 0.3 is 0 Å². The van der Waals surface area contributed by atoms with E-state index in [9.17, 15) is 4.39 Å². The molecule has 0 fully saturated rings. The van der Waals surface area contributed by atoms with E-state index < -0.39 is 0 Å². The summed E-state index contributed by atoms with van der Waals surface area (Å²) >= 11 is 0. The van der Waals surface area contributed by atoms with Crippen molar-refractivity contribution in [3.05, 3.63) is 65.5 Å². The van der Waals surface area contributed by atoms with Crippen molar-refractivity contribution in [3.63, 3.8) is 0 Å². The van der Waals surface area contributed by atoms with Gasteiger partial charge in [-0.2, -0.15) is 0 Å². The summed E-state index contributed by atoms with van der Waals surface area (Å²) in [5.74, 6) is 0.329. The highest BCUT2D eigenvalue weighted by Crippen LogP contribution is 2.29. The van der Waals surface area contributed by atoms with E-state index in [2.05, 4.69) is 24.4 Å². The van der Waals surface area contributed by atoms with Gasteiger partial charge in [-0.15, -0.1) is 0 Å². The molecule has 0 bridgehead atoms. The maximum absolute atomic E-state index is 14.0. The molecule has 0 aromatic heterocycles. The van der Waals surface area contributed by atoms with E-state index in [-0.39, 0.29) is 17.9 Å². The van der Waals surface area contributed by atoms with Crippen LogP contribution in [0.4, 0.5) is 4.39 Å². The average molecular weight is 273 g/mol. The zero-order valence-corrected chi connectivity index (χ0v) is 12.1. The lowest BCUT2D eigenvalue weighted by Crippen LogP contribution is -2.23. The highest BCUT2D eigenvalue weighted by atomic mass is 19.1. The predicted molar refractivity (Wildman–Crippen MR) is 79.4 cm³/mol. The first kappa shape index (κ1) is 14.5. The van der Waals surface area contributed by atoms with Gasteiger partial charge in [0.25, 0.3) is 0 Å². The Balaban J connectivity index is 2.18. The third-order valence-corrected chi connectivity index (χ3v) is 3.47. The first-order chi connectivity index (χ1) is 9.63. The van der Waals surface area contributed by atoms with Crippen LogP contribution < -0.4 is 10.1 Å². The Morgan fingerprint density at radius 2 is 1.65 bits per heavy atom. The van der Waals surface area contributed by atoms with Crippen molar-refractivity contribution < 1.29 is 9.13 Å². The number of benzene rings is 2. The molecule has 2 rings (SSSR count).